The number of ether oxygens (including phenoxy) is 2. The van der Waals surface area contributed by atoms with Crippen LogP contribution in [0.15, 0.2) is 23.3 Å². The van der Waals surface area contributed by atoms with Crippen molar-refractivity contribution in [1.82, 2.24) is 0 Å². The molecular formula is C16H24O6. The third-order valence-electron chi connectivity index (χ3n) is 3.80. The molecule has 1 aliphatic rings. The van der Waals surface area contributed by atoms with Crippen LogP contribution in [-0.2, 0) is 24.0 Å². The summed E-state index contributed by atoms with van der Waals surface area (Å²) in [7, 11) is 2.54. The molecule has 0 saturated carbocycles. The van der Waals surface area contributed by atoms with Crippen LogP contribution in [0.2, 0.25) is 0 Å². The van der Waals surface area contributed by atoms with E-state index in [0.717, 1.165) is 12.0 Å². The molecule has 1 aliphatic carbocycles. The molecule has 3 unspecified atom stereocenters. The van der Waals surface area contributed by atoms with E-state index >= 15 is 0 Å². The number of carbonyl (C=O) groups is 2. The molecular weight excluding hydrogens is 288 g/mol. The number of esters is 2. The Morgan fingerprint density at radius 1 is 1.27 bits per heavy atom. The predicted octanol–water partition coefficient (Wildman–Crippen LogP) is 2.50. The Hall–Kier alpha value is -1.66. The molecule has 0 aromatic rings. The summed E-state index contributed by atoms with van der Waals surface area (Å²) in [5, 5.41) is 9.10. The standard InChI is InChI=1S/C16H24O6/c1-10(2)6-5-7-11-8-12(15(17)20-3)13(16(18)21-4)9-14(11)22-19/h6,8,12-14,19H,5,7,9H2,1-4H3. The predicted molar refractivity (Wildman–Crippen MR) is 79.9 cm³/mol. The normalized spacial score (nSPS) is 24.2. The highest BCUT2D eigenvalue weighted by atomic mass is 17.1. The summed E-state index contributed by atoms with van der Waals surface area (Å²) in [4.78, 5) is 28.3. The van der Waals surface area contributed by atoms with E-state index in [0.29, 0.717) is 6.42 Å². The quantitative estimate of drug-likeness (QED) is 0.351. The van der Waals surface area contributed by atoms with Crippen molar-refractivity contribution in [2.75, 3.05) is 14.2 Å². The van der Waals surface area contributed by atoms with Crippen LogP contribution in [0.3, 0.4) is 0 Å². The van der Waals surface area contributed by atoms with E-state index in [1.807, 2.05) is 13.8 Å². The molecule has 0 bridgehead atoms. The van der Waals surface area contributed by atoms with Gasteiger partial charge in [0.1, 0.15) is 6.10 Å². The molecule has 1 N–H and O–H groups in total. The summed E-state index contributed by atoms with van der Waals surface area (Å²) in [6.45, 7) is 4.00. The molecule has 0 spiro atoms. The maximum absolute atomic E-state index is 11.9. The fourth-order valence-corrected chi connectivity index (χ4v) is 2.63. The molecule has 1 rings (SSSR count). The molecule has 0 saturated heterocycles. The van der Waals surface area contributed by atoms with Gasteiger partial charge in [0, 0.05) is 0 Å². The lowest BCUT2D eigenvalue weighted by Gasteiger charge is -2.31. The maximum Gasteiger partial charge on any atom is 0.313 e. The third-order valence-corrected chi connectivity index (χ3v) is 3.80. The second-order valence-electron chi connectivity index (χ2n) is 5.57. The van der Waals surface area contributed by atoms with Crippen molar-refractivity contribution in [1.29, 1.82) is 0 Å². The molecule has 22 heavy (non-hydrogen) atoms. The highest BCUT2D eigenvalue weighted by Gasteiger charge is 2.41. The molecule has 0 heterocycles. The van der Waals surface area contributed by atoms with Crippen molar-refractivity contribution >= 4 is 11.9 Å². The van der Waals surface area contributed by atoms with Gasteiger partial charge in [0.2, 0.25) is 0 Å². The minimum atomic E-state index is -0.721. The van der Waals surface area contributed by atoms with Crippen molar-refractivity contribution in [3.8, 4) is 0 Å². The van der Waals surface area contributed by atoms with E-state index < -0.39 is 29.9 Å². The van der Waals surface area contributed by atoms with Crippen LogP contribution >= 0.6 is 0 Å². The van der Waals surface area contributed by atoms with Crippen LogP contribution in [-0.4, -0.2) is 37.5 Å². The zero-order chi connectivity index (χ0) is 16.7. The van der Waals surface area contributed by atoms with Crippen molar-refractivity contribution in [2.24, 2.45) is 11.8 Å². The zero-order valence-corrected chi connectivity index (χ0v) is 13.5. The van der Waals surface area contributed by atoms with E-state index in [1.165, 1.54) is 19.8 Å². The van der Waals surface area contributed by atoms with Crippen molar-refractivity contribution in [2.45, 2.75) is 39.2 Å². The van der Waals surface area contributed by atoms with Gasteiger partial charge in [-0.2, -0.15) is 0 Å². The molecule has 6 heteroatoms. The minimum absolute atomic E-state index is 0.184. The Labute approximate surface area is 130 Å². The molecule has 0 aromatic heterocycles. The number of hydrogen-bond acceptors (Lipinski definition) is 6. The fourth-order valence-electron chi connectivity index (χ4n) is 2.63. The second kappa shape index (κ2) is 8.70. The molecule has 0 amide bonds. The smallest absolute Gasteiger partial charge is 0.313 e. The van der Waals surface area contributed by atoms with Crippen LogP contribution in [0.25, 0.3) is 0 Å². The van der Waals surface area contributed by atoms with Crippen LogP contribution in [0.4, 0.5) is 0 Å². The van der Waals surface area contributed by atoms with E-state index in [4.69, 9.17) is 14.7 Å². The van der Waals surface area contributed by atoms with Crippen LogP contribution in [0.5, 0.6) is 0 Å². The topological polar surface area (TPSA) is 82.1 Å². The van der Waals surface area contributed by atoms with Gasteiger partial charge in [0.05, 0.1) is 26.1 Å². The highest BCUT2D eigenvalue weighted by molar-refractivity contribution is 5.84. The Kier molecular flexibility index (Phi) is 7.27. The number of hydrogen-bond donors (Lipinski definition) is 1. The lowest BCUT2D eigenvalue weighted by molar-refractivity contribution is -0.274. The van der Waals surface area contributed by atoms with E-state index in [2.05, 4.69) is 11.0 Å². The summed E-state index contributed by atoms with van der Waals surface area (Å²) in [5.41, 5.74) is 1.98. The van der Waals surface area contributed by atoms with Crippen molar-refractivity contribution in [3.05, 3.63) is 23.3 Å². The minimum Gasteiger partial charge on any atom is -0.469 e. The average molecular weight is 312 g/mol. The Morgan fingerprint density at radius 2 is 1.91 bits per heavy atom. The van der Waals surface area contributed by atoms with E-state index in [1.54, 1.807) is 6.08 Å². The summed E-state index contributed by atoms with van der Waals surface area (Å²) < 4.78 is 9.50. The molecule has 0 radical (unpaired) electrons. The van der Waals surface area contributed by atoms with Gasteiger partial charge in [-0.25, -0.2) is 4.89 Å². The zero-order valence-electron chi connectivity index (χ0n) is 13.5. The first kappa shape index (κ1) is 18.4. The van der Waals surface area contributed by atoms with Gasteiger partial charge < -0.3 is 9.47 Å². The van der Waals surface area contributed by atoms with Gasteiger partial charge >= 0.3 is 11.9 Å². The van der Waals surface area contributed by atoms with Gasteiger partial charge in [-0.05, 0) is 38.7 Å². The summed E-state index contributed by atoms with van der Waals surface area (Å²) >= 11 is 0. The largest absolute Gasteiger partial charge is 0.469 e. The second-order valence-corrected chi connectivity index (χ2v) is 5.57. The highest BCUT2D eigenvalue weighted by Crippen LogP contribution is 2.34. The van der Waals surface area contributed by atoms with E-state index in [-0.39, 0.29) is 6.42 Å². The van der Waals surface area contributed by atoms with Crippen molar-refractivity contribution < 1.29 is 29.2 Å². The SMILES string of the molecule is COC(=O)C1C=C(CCC=C(C)C)C(OO)CC1C(=O)OC. The molecule has 0 aromatic carbocycles. The van der Waals surface area contributed by atoms with Crippen LogP contribution in [0.1, 0.15) is 33.1 Å². The first-order valence-corrected chi connectivity index (χ1v) is 7.24. The molecule has 3 atom stereocenters. The Morgan fingerprint density at radius 3 is 2.41 bits per heavy atom. The number of allylic oxidation sites excluding steroid dienone is 2. The summed E-state index contributed by atoms with van der Waals surface area (Å²) in [5.74, 6) is -2.45. The van der Waals surface area contributed by atoms with Crippen LogP contribution in [0, 0.1) is 11.8 Å². The lowest BCUT2D eigenvalue weighted by Crippen LogP contribution is -2.38. The van der Waals surface area contributed by atoms with Crippen LogP contribution < -0.4 is 0 Å². The lowest BCUT2D eigenvalue weighted by atomic mass is 9.78. The third kappa shape index (κ3) is 4.68. The maximum atomic E-state index is 11.9. The van der Waals surface area contributed by atoms with Gasteiger partial charge in [-0.15, -0.1) is 0 Å². The first-order chi connectivity index (χ1) is 10.4. The summed E-state index contributed by atoms with van der Waals surface area (Å²) in [6, 6.07) is 0. The van der Waals surface area contributed by atoms with Gasteiger partial charge in [-0.3, -0.25) is 14.8 Å². The molecule has 0 fully saturated rings. The fraction of sp³-hybridized carbons (Fsp3) is 0.625. The molecule has 124 valence electrons. The number of rotatable bonds is 6. The Balaban J connectivity index is 3.02. The van der Waals surface area contributed by atoms with E-state index in [9.17, 15) is 9.59 Å². The van der Waals surface area contributed by atoms with Gasteiger partial charge in [0.15, 0.2) is 0 Å². The average Bonchev–Trinajstić information content (AvgIpc) is 2.52. The molecule has 6 nitrogen and oxygen atoms in total. The summed E-state index contributed by atoms with van der Waals surface area (Å²) in [6.07, 6.45) is 4.70. The van der Waals surface area contributed by atoms with Gasteiger partial charge in [0.25, 0.3) is 0 Å². The molecule has 0 aliphatic heterocycles. The Bertz CT molecular complexity index is 461. The first-order valence-electron chi connectivity index (χ1n) is 7.24. The monoisotopic (exact) mass is 312 g/mol. The number of methoxy groups -OCH3 is 2. The van der Waals surface area contributed by atoms with Crippen molar-refractivity contribution in [3.63, 3.8) is 0 Å². The number of carbonyl (C=O) groups excluding carboxylic acids is 2. The van der Waals surface area contributed by atoms with Gasteiger partial charge in [-0.1, -0.05) is 17.7 Å².